The number of carbonyl (C=O) groups excluding carboxylic acids is 1. The minimum absolute atomic E-state index is 0.0162. The first kappa shape index (κ1) is 16.0. The highest BCUT2D eigenvalue weighted by atomic mass is 79.9. The summed E-state index contributed by atoms with van der Waals surface area (Å²) in [4.78, 5) is 13.3. The Hall–Kier alpha value is -1.07. The van der Waals surface area contributed by atoms with Gasteiger partial charge in [0.15, 0.2) is 0 Å². The van der Waals surface area contributed by atoms with Gasteiger partial charge >= 0.3 is 0 Å². The summed E-state index contributed by atoms with van der Waals surface area (Å²) >= 11 is 3.36. The Balaban J connectivity index is 2.23. The van der Waals surface area contributed by atoms with E-state index in [1.54, 1.807) is 11.9 Å². The number of aliphatic hydroxyl groups is 1. The van der Waals surface area contributed by atoms with Crippen molar-refractivity contribution in [3.05, 3.63) is 28.7 Å². The van der Waals surface area contributed by atoms with Crippen LogP contribution in [0.3, 0.4) is 0 Å². The van der Waals surface area contributed by atoms with E-state index in [9.17, 15) is 4.79 Å². The van der Waals surface area contributed by atoms with Gasteiger partial charge in [0.05, 0.1) is 19.3 Å². The van der Waals surface area contributed by atoms with Crippen LogP contribution in [0.2, 0.25) is 0 Å². The first-order valence-electron chi connectivity index (χ1n) is 6.29. The second-order valence-corrected chi connectivity index (χ2v) is 5.36. The number of amides is 1. The van der Waals surface area contributed by atoms with Gasteiger partial charge in [0.1, 0.15) is 5.75 Å². The van der Waals surface area contributed by atoms with Crippen molar-refractivity contribution < 1.29 is 14.6 Å². The SMILES string of the molecule is CC(CO)N(C)C(=O)CCCOc1ccc(Br)cc1. The smallest absolute Gasteiger partial charge is 0.222 e. The van der Waals surface area contributed by atoms with Crippen LogP contribution in [-0.4, -0.2) is 42.2 Å². The topological polar surface area (TPSA) is 49.8 Å². The third kappa shape index (κ3) is 5.61. The average Bonchev–Trinajstić information content (AvgIpc) is 2.43. The van der Waals surface area contributed by atoms with Crippen LogP contribution >= 0.6 is 15.9 Å². The molecule has 1 rings (SSSR count). The molecule has 0 aromatic heterocycles. The highest BCUT2D eigenvalue weighted by Gasteiger charge is 2.14. The predicted octanol–water partition coefficient (Wildman–Crippen LogP) is 2.45. The van der Waals surface area contributed by atoms with E-state index < -0.39 is 0 Å². The van der Waals surface area contributed by atoms with Gasteiger partial charge in [-0.25, -0.2) is 0 Å². The zero-order valence-corrected chi connectivity index (χ0v) is 12.9. The van der Waals surface area contributed by atoms with E-state index in [1.807, 2.05) is 31.2 Å². The van der Waals surface area contributed by atoms with Crippen molar-refractivity contribution in [3.63, 3.8) is 0 Å². The van der Waals surface area contributed by atoms with Crippen molar-refractivity contribution in [2.45, 2.75) is 25.8 Å². The molecule has 4 nitrogen and oxygen atoms in total. The quantitative estimate of drug-likeness (QED) is 0.782. The average molecular weight is 330 g/mol. The first-order valence-corrected chi connectivity index (χ1v) is 7.08. The number of ether oxygens (including phenoxy) is 1. The summed E-state index contributed by atoms with van der Waals surface area (Å²) in [5, 5.41) is 8.97. The molecule has 1 aromatic rings. The van der Waals surface area contributed by atoms with Crippen LogP contribution in [0.1, 0.15) is 19.8 Å². The van der Waals surface area contributed by atoms with E-state index in [-0.39, 0.29) is 18.6 Å². The fourth-order valence-corrected chi connectivity index (χ4v) is 1.75. The Bertz CT molecular complexity index is 394. The highest BCUT2D eigenvalue weighted by molar-refractivity contribution is 9.10. The maximum Gasteiger partial charge on any atom is 0.222 e. The summed E-state index contributed by atoms with van der Waals surface area (Å²) in [5.74, 6) is 0.827. The zero-order chi connectivity index (χ0) is 14.3. The summed E-state index contributed by atoms with van der Waals surface area (Å²) in [6.07, 6.45) is 1.09. The Kier molecular flexibility index (Phi) is 6.87. The van der Waals surface area contributed by atoms with E-state index >= 15 is 0 Å². The fourth-order valence-electron chi connectivity index (χ4n) is 1.49. The normalized spacial score (nSPS) is 12.0. The molecule has 106 valence electrons. The van der Waals surface area contributed by atoms with Gasteiger partial charge in [0.2, 0.25) is 5.91 Å². The molecule has 0 fully saturated rings. The molecule has 1 unspecified atom stereocenters. The molecule has 0 heterocycles. The van der Waals surface area contributed by atoms with E-state index in [0.717, 1.165) is 10.2 Å². The van der Waals surface area contributed by atoms with Crippen molar-refractivity contribution in [3.8, 4) is 5.75 Å². The van der Waals surface area contributed by atoms with Crippen LogP contribution in [0.15, 0.2) is 28.7 Å². The molecule has 0 saturated carbocycles. The monoisotopic (exact) mass is 329 g/mol. The molecule has 0 saturated heterocycles. The molecule has 0 aliphatic rings. The van der Waals surface area contributed by atoms with Crippen LogP contribution < -0.4 is 4.74 Å². The predicted molar refractivity (Wildman–Crippen MR) is 78.2 cm³/mol. The molecule has 1 N–H and O–H groups in total. The van der Waals surface area contributed by atoms with E-state index in [1.165, 1.54) is 0 Å². The summed E-state index contributed by atoms with van der Waals surface area (Å²) in [5.41, 5.74) is 0. The lowest BCUT2D eigenvalue weighted by Crippen LogP contribution is -2.37. The third-order valence-corrected chi connectivity index (χ3v) is 3.46. The molecule has 0 aliphatic carbocycles. The molecule has 1 atom stereocenters. The number of likely N-dealkylation sites (N-methyl/N-ethyl adjacent to an activating group) is 1. The third-order valence-electron chi connectivity index (χ3n) is 2.94. The minimum atomic E-state index is -0.139. The molecular formula is C14H20BrNO3. The maximum atomic E-state index is 11.8. The molecule has 0 bridgehead atoms. The molecule has 1 aromatic carbocycles. The summed E-state index contributed by atoms with van der Waals surface area (Å²) < 4.78 is 6.55. The molecule has 5 heteroatoms. The molecule has 0 radical (unpaired) electrons. The van der Waals surface area contributed by atoms with Crippen LogP contribution in [-0.2, 0) is 4.79 Å². The van der Waals surface area contributed by atoms with E-state index in [2.05, 4.69) is 15.9 Å². The minimum Gasteiger partial charge on any atom is -0.494 e. The number of hydrogen-bond acceptors (Lipinski definition) is 3. The Morgan fingerprint density at radius 2 is 2.05 bits per heavy atom. The van der Waals surface area contributed by atoms with Crippen LogP contribution in [0, 0.1) is 0 Å². The number of aliphatic hydroxyl groups excluding tert-OH is 1. The van der Waals surface area contributed by atoms with Crippen molar-refractivity contribution in [1.82, 2.24) is 4.90 Å². The van der Waals surface area contributed by atoms with Gasteiger partial charge in [-0.1, -0.05) is 15.9 Å². The number of carbonyl (C=O) groups is 1. The molecular weight excluding hydrogens is 310 g/mol. The van der Waals surface area contributed by atoms with E-state index in [4.69, 9.17) is 9.84 Å². The van der Waals surface area contributed by atoms with Gasteiger partial charge in [-0.3, -0.25) is 4.79 Å². The van der Waals surface area contributed by atoms with Crippen LogP contribution in [0.25, 0.3) is 0 Å². The van der Waals surface area contributed by atoms with Crippen LogP contribution in [0.4, 0.5) is 0 Å². The zero-order valence-electron chi connectivity index (χ0n) is 11.3. The van der Waals surface area contributed by atoms with Gasteiger partial charge in [-0.15, -0.1) is 0 Å². The van der Waals surface area contributed by atoms with Gasteiger partial charge in [0, 0.05) is 17.9 Å². The number of rotatable bonds is 7. The second-order valence-electron chi connectivity index (χ2n) is 4.44. The number of hydrogen-bond donors (Lipinski definition) is 1. The number of benzene rings is 1. The lowest BCUT2D eigenvalue weighted by atomic mass is 10.2. The molecule has 19 heavy (non-hydrogen) atoms. The summed E-state index contributed by atoms with van der Waals surface area (Å²) in [6, 6.07) is 7.45. The Morgan fingerprint density at radius 1 is 1.42 bits per heavy atom. The summed E-state index contributed by atoms with van der Waals surface area (Å²) in [7, 11) is 1.71. The van der Waals surface area contributed by atoms with Crippen molar-refractivity contribution in [2.75, 3.05) is 20.3 Å². The Labute approximate surface area is 122 Å². The highest BCUT2D eigenvalue weighted by Crippen LogP contribution is 2.16. The van der Waals surface area contributed by atoms with E-state index in [0.29, 0.717) is 19.4 Å². The lowest BCUT2D eigenvalue weighted by Gasteiger charge is -2.23. The maximum absolute atomic E-state index is 11.8. The second kappa shape index (κ2) is 8.17. The Morgan fingerprint density at radius 3 is 2.63 bits per heavy atom. The molecule has 1 amide bonds. The number of nitrogens with zero attached hydrogens (tertiary/aromatic N) is 1. The molecule has 0 spiro atoms. The van der Waals surface area contributed by atoms with Gasteiger partial charge < -0.3 is 14.7 Å². The lowest BCUT2D eigenvalue weighted by molar-refractivity contribution is -0.132. The van der Waals surface area contributed by atoms with Crippen molar-refractivity contribution >= 4 is 21.8 Å². The first-order chi connectivity index (χ1) is 9.04. The largest absolute Gasteiger partial charge is 0.494 e. The molecule has 0 aliphatic heterocycles. The summed E-state index contributed by atoms with van der Waals surface area (Å²) in [6.45, 7) is 2.31. The fraction of sp³-hybridized carbons (Fsp3) is 0.500. The van der Waals surface area contributed by atoms with Crippen LogP contribution in [0.5, 0.6) is 5.75 Å². The number of halogens is 1. The standard InChI is InChI=1S/C14H20BrNO3/c1-11(10-17)16(2)14(18)4-3-9-19-13-7-5-12(15)6-8-13/h5-8,11,17H,3-4,9-10H2,1-2H3. The van der Waals surface area contributed by atoms with Gasteiger partial charge in [-0.2, -0.15) is 0 Å². The van der Waals surface area contributed by atoms with Gasteiger partial charge in [0.25, 0.3) is 0 Å². The van der Waals surface area contributed by atoms with Crippen molar-refractivity contribution in [2.24, 2.45) is 0 Å². The van der Waals surface area contributed by atoms with Crippen molar-refractivity contribution in [1.29, 1.82) is 0 Å². The van der Waals surface area contributed by atoms with Gasteiger partial charge in [-0.05, 0) is 37.6 Å².